The second kappa shape index (κ2) is 6.63. The van der Waals surface area contributed by atoms with Crippen molar-refractivity contribution in [2.75, 3.05) is 33.7 Å². The molecule has 0 radical (unpaired) electrons. The molecule has 5 nitrogen and oxygen atoms in total. The Balaban J connectivity index is 3.77. The predicted molar refractivity (Wildman–Crippen MR) is 60.9 cm³/mol. The van der Waals surface area contributed by atoms with Crippen LogP contribution in [0.1, 0.15) is 20.3 Å². The van der Waals surface area contributed by atoms with Crippen LogP contribution in [-0.4, -0.2) is 55.4 Å². The number of hydrogen-bond acceptors (Lipinski definition) is 3. The van der Waals surface area contributed by atoms with Gasteiger partial charge in [-0.15, -0.1) is 0 Å². The van der Waals surface area contributed by atoms with Gasteiger partial charge in [-0.1, -0.05) is 6.92 Å². The molecule has 1 atom stereocenters. The predicted octanol–water partition coefficient (Wildman–Crippen LogP) is 0.00820. The molecule has 5 heteroatoms. The SMILES string of the molecule is CCCNC(=O)NCC(C)(O)CN(C)C. The fraction of sp³-hybridized carbons (Fsp3) is 0.900. The minimum absolute atomic E-state index is 0.226. The highest BCUT2D eigenvalue weighted by molar-refractivity contribution is 5.73. The van der Waals surface area contributed by atoms with Gasteiger partial charge < -0.3 is 20.6 Å². The molecule has 0 saturated heterocycles. The second-order valence-corrected chi connectivity index (χ2v) is 4.34. The van der Waals surface area contributed by atoms with E-state index in [0.29, 0.717) is 13.1 Å². The van der Waals surface area contributed by atoms with Crippen molar-refractivity contribution in [3.8, 4) is 0 Å². The molecule has 15 heavy (non-hydrogen) atoms. The van der Waals surface area contributed by atoms with Crippen LogP contribution < -0.4 is 10.6 Å². The highest BCUT2D eigenvalue weighted by Crippen LogP contribution is 2.01. The van der Waals surface area contributed by atoms with Crippen molar-refractivity contribution in [1.82, 2.24) is 15.5 Å². The third-order valence-corrected chi connectivity index (χ3v) is 1.82. The topological polar surface area (TPSA) is 64.6 Å². The average molecular weight is 217 g/mol. The number of amides is 2. The van der Waals surface area contributed by atoms with E-state index >= 15 is 0 Å². The second-order valence-electron chi connectivity index (χ2n) is 4.34. The van der Waals surface area contributed by atoms with E-state index in [0.717, 1.165) is 6.42 Å². The van der Waals surface area contributed by atoms with Crippen molar-refractivity contribution in [2.45, 2.75) is 25.9 Å². The molecule has 0 bridgehead atoms. The van der Waals surface area contributed by atoms with Crippen molar-refractivity contribution in [3.05, 3.63) is 0 Å². The van der Waals surface area contributed by atoms with Crippen molar-refractivity contribution in [2.24, 2.45) is 0 Å². The fourth-order valence-corrected chi connectivity index (χ4v) is 1.31. The molecule has 0 aliphatic rings. The summed E-state index contributed by atoms with van der Waals surface area (Å²) in [5.41, 5.74) is -0.896. The van der Waals surface area contributed by atoms with E-state index in [1.54, 1.807) is 6.92 Å². The van der Waals surface area contributed by atoms with Crippen molar-refractivity contribution in [3.63, 3.8) is 0 Å². The summed E-state index contributed by atoms with van der Waals surface area (Å²) >= 11 is 0. The van der Waals surface area contributed by atoms with Gasteiger partial charge in [-0.05, 0) is 27.4 Å². The maximum absolute atomic E-state index is 11.2. The highest BCUT2D eigenvalue weighted by Gasteiger charge is 2.21. The Bertz CT molecular complexity index is 193. The average Bonchev–Trinajstić information content (AvgIpc) is 2.09. The zero-order valence-corrected chi connectivity index (χ0v) is 10.1. The number of carbonyl (C=O) groups is 1. The van der Waals surface area contributed by atoms with Crippen LogP contribution in [0.2, 0.25) is 0 Å². The van der Waals surface area contributed by atoms with Crippen LogP contribution in [0.4, 0.5) is 4.79 Å². The summed E-state index contributed by atoms with van der Waals surface area (Å²) in [5.74, 6) is 0. The molecule has 0 saturated carbocycles. The lowest BCUT2D eigenvalue weighted by molar-refractivity contribution is 0.0360. The van der Waals surface area contributed by atoms with E-state index in [2.05, 4.69) is 10.6 Å². The largest absolute Gasteiger partial charge is 0.387 e. The zero-order chi connectivity index (χ0) is 11.9. The van der Waals surface area contributed by atoms with Crippen molar-refractivity contribution in [1.29, 1.82) is 0 Å². The number of aliphatic hydroxyl groups is 1. The Morgan fingerprint density at radius 3 is 2.47 bits per heavy atom. The molecule has 0 spiro atoms. The van der Waals surface area contributed by atoms with E-state index in [1.165, 1.54) is 0 Å². The van der Waals surface area contributed by atoms with Gasteiger partial charge in [-0.3, -0.25) is 0 Å². The molecule has 0 fully saturated rings. The van der Waals surface area contributed by atoms with E-state index in [-0.39, 0.29) is 12.6 Å². The molecule has 0 aromatic rings. The number of likely N-dealkylation sites (N-methyl/N-ethyl adjacent to an activating group) is 1. The minimum atomic E-state index is -0.896. The van der Waals surface area contributed by atoms with Crippen LogP contribution in [0, 0.1) is 0 Å². The summed E-state index contributed by atoms with van der Waals surface area (Å²) < 4.78 is 0. The Morgan fingerprint density at radius 2 is 2.00 bits per heavy atom. The lowest BCUT2D eigenvalue weighted by atomic mass is 10.1. The molecule has 0 aliphatic heterocycles. The van der Waals surface area contributed by atoms with E-state index in [4.69, 9.17) is 0 Å². The van der Waals surface area contributed by atoms with Crippen LogP contribution in [0.15, 0.2) is 0 Å². The summed E-state index contributed by atoms with van der Waals surface area (Å²) in [6.45, 7) is 5.11. The molecule has 90 valence electrons. The third kappa shape index (κ3) is 8.20. The van der Waals surface area contributed by atoms with Crippen LogP contribution in [-0.2, 0) is 0 Å². The molecule has 0 rings (SSSR count). The molecule has 0 aromatic heterocycles. The zero-order valence-electron chi connectivity index (χ0n) is 10.1. The van der Waals surface area contributed by atoms with Crippen molar-refractivity contribution < 1.29 is 9.90 Å². The number of hydrogen-bond donors (Lipinski definition) is 3. The lowest BCUT2D eigenvalue weighted by Gasteiger charge is -2.27. The van der Waals surface area contributed by atoms with Crippen molar-refractivity contribution >= 4 is 6.03 Å². The normalized spacial score (nSPS) is 14.8. The Labute approximate surface area is 91.8 Å². The Hall–Kier alpha value is -0.810. The summed E-state index contributed by atoms with van der Waals surface area (Å²) in [4.78, 5) is 13.1. The fourth-order valence-electron chi connectivity index (χ4n) is 1.31. The van der Waals surface area contributed by atoms with Crippen LogP contribution in [0.5, 0.6) is 0 Å². The standard InChI is InChI=1S/C10H23N3O2/c1-5-6-11-9(14)12-7-10(2,15)8-13(3)4/h15H,5-8H2,1-4H3,(H2,11,12,14). The number of rotatable bonds is 6. The first-order valence-corrected chi connectivity index (χ1v) is 5.26. The van der Waals surface area contributed by atoms with Gasteiger partial charge in [0.2, 0.25) is 0 Å². The van der Waals surface area contributed by atoms with E-state index in [1.807, 2.05) is 25.9 Å². The summed E-state index contributed by atoms with van der Waals surface area (Å²) in [5, 5.41) is 15.2. The monoisotopic (exact) mass is 217 g/mol. The Morgan fingerprint density at radius 1 is 1.40 bits per heavy atom. The van der Waals surface area contributed by atoms with Crippen LogP contribution >= 0.6 is 0 Å². The van der Waals surface area contributed by atoms with Gasteiger partial charge in [0.1, 0.15) is 0 Å². The van der Waals surface area contributed by atoms with Gasteiger partial charge in [0.25, 0.3) is 0 Å². The number of nitrogens with zero attached hydrogens (tertiary/aromatic N) is 1. The number of carbonyl (C=O) groups excluding carboxylic acids is 1. The maximum Gasteiger partial charge on any atom is 0.314 e. The van der Waals surface area contributed by atoms with Gasteiger partial charge in [-0.25, -0.2) is 4.79 Å². The van der Waals surface area contributed by atoms with Gasteiger partial charge in [0.05, 0.1) is 5.60 Å². The first-order valence-electron chi connectivity index (χ1n) is 5.26. The van der Waals surface area contributed by atoms with Gasteiger partial charge in [0, 0.05) is 19.6 Å². The molecular weight excluding hydrogens is 194 g/mol. The van der Waals surface area contributed by atoms with Crippen LogP contribution in [0.3, 0.4) is 0 Å². The molecule has 1 unspecified atom stereocenters. The van der Waals surface area contributed by atoms with Gasteiger partial charge >= 0.3 is 6.03 Å². The molecule has 3 N–H and O–H groups in total. The molecular formula is C10H23N3O2. The molecule has 0 aliphatic carbocycles. The lowest BCUT2D eigenvalue weighted by Crippen LogP contribution is -2.49. The first kappa shape index (κ1) is 14.2. The minimum Gasteiger partial charge on any atom is -0.387 e. The summed E-state index contributed by atoms with van der Waals surface area (Å²) in [6, 6.07) is -0.226. The quantitative estimate of drug-likeness (QED) is 0.587. The smallest absolute Gasteiger partial charge is 0.314 e. The summed E-state index contributed by atoms with van der Waals surface area (Å²) in [7, 11) is 3.76. The van der Waals surface area contributed by atoms with E-state index < -0.39 is 5.60 Å². The Kier molecular flexibility index (Phi) is 6.27. The first-order chi connectivity index (χ1) is 6.87. The number of nitrogens with one attached hydrogen (secondary N) is 2. The molecule has 2 amide bonds. The third-order valence-electron chi connectivity index (χ3n) is 1.82. The van der Waals surface area contributed by atoms with Crippen LogP contribution in [0.25, 0.3) is 0 Å². The summed E-state index contributed by atoms with van der Waals surface area (Å²) in [6.07, 6.45) is 0.904. The number of urea groups is 1. The van der Waals surface area contributed by atoms with E-state index in [9.17, 15) is 9.90 Å². The highest BCUT2D eigenvalue weighted by atomic mass is 16.3. The van der Waals surface area contributed by atoms with Gasteiger partial charge in [0.15, 0.2) is 0 Å². The molecule has 0 aromatic carbocycles. The van der Waals surface area contributed by atoms with Gasteiger partial charge in [-0.2, -0.15) is 0 Å². The maximum atomic E-state index is 11.2. The molecule has 0 heterocycles.